The van der Waals surface area contributed by atoms with Crippen LogP contribution in [0.5, 0.6) is 0 Å². The molecule has 9 heavy (non-hydrogen) atoms. The fourth-order valence-electron chi connectivity index (χ4n) is 0.894. The van der Waals surface area contributed by atoms with Gasteiger partial charge in [-0.1, -0.05) is 6.92 Å². The van der Waals surface area contributed by atoms with E-state index in [0.717, 1.165) is 12.8 Å². The van der Waals surface area contributed by atoms with E-state index in [1.54, 1.807) is 0 Å². The third-order valence-corrected chi connectivity index (χ3v) is 2.44. The van der Waals surface area contributed by atoms with Crippen molar-refractivity contribution >= 4 is 9.03 Å². The lowest BCUT2D eigenvalue weighted by molar-refractivity contribution is 0.0718. The highest BCUT2D eigenvalue weighted by atomic mass is 31.1. The molecule has 0 saturated carbocycles. The molecule has 3 atom stereocenters. The lowest BCUT2D eigenvalue weighted by atomic mass is 10.1. The largest absolute Gasteiger partial charge is 0.333 e. The van der Waals surface area contributed by atoms with Gasteiger partial charge in [0.15, 0.2) is 9.03 Å². The van der Waals surface area contributed by atoms with E-state index in [4.69, 9.17) is 9.05 Å². The summed E-state index contributed by atoms with van der Waals surface area (Å²) in [5.74, 6) is 0. The average molecular weight is 148 g/mol. The van der Waals surface area contributed by atoms with Crippen LogP contribution < -0.4 is 0 Å². The molecule has 1 fully saturated rings. The highest BCUT2D eigenvalue weighted by molar-refractivity contribution is 7.26. The second kappa shape index (κ2) is 3.50. The zero-order valence-corrected chi connectivity index (χ0v) is 6.89. The van der Waals surface area contributed by atoms with Crippen molar-refractivity contribution in [3.8, 4) is 0 Å². The summed E-state index contributed by atoms with van der Waals surface area (Å²) in [7, 11) is 0.269. The first-order valence-corrected chi connectivity index (χ1v) is 4.21. The Kier molecular flexibility index (Phi) is 2.90. The van der Waals surface area contributed by atoms with E-state index in [2.05, 4.69) is 13.8 Å². The quantitative estimate of drug-likeness (QED) is 0.530. The SMILES string of the molecule is CCC1CC(C)OPO1. The standard InChI is InChI=1S/C6H13O2P/c1-3-6-4-5(2)7-9-8-6/h5-6,9H,3-4H2,1-2H3. The van der Waals surface area contributed by atoms with Crippen LogP contribution in [0.1, 0.15) is 26.7 Å². The summed E-state index contributed by atoms with van der Waals surface area (Å²) in [6, 6.07) is 0. The molecule has 2 nitrogen and oxygen atoms in total. The van der Waals surface area contributed by atoms with Crippen molar-refractivity contribution in [2.75, 3.05) is 0 Å². The Morgan fingerprint density at radius 3 is 2.78 bits per heavy atom. The van der Waals surface area contributed by atoms with Crippen LogP contribution in [0.3, 0.4) is 0 Å². The van der Waals surface area contributed by atoms with E-state index >= 15 is 0 Å². The summed E-state index contributed by atoms with van der Waals surface area (Å²) in [5.41, 5.74) is 0. The molecule has 0 aromatic carbocycles. The zero-order chi connectivity index (χ0) is 6.69. The van der Waals surface area contributed by atoms with E-state index < -0.39 is 0 Å². The average Bonchev–Trinajstić information content (AvgIpc) is 1.88. The molecule has 0 amide bonds. The van der Waals surface area contributed by atoms with Crippen molar-refractivity contribution in [3.63, 3.8) is 0 Å². The summed E-state index contributed by atoms with van der Waals surface area (Å²) in [6.07, 6.45) is 3.03. The monoisotopic (exact) mass is 148 g/mol. The molecule has 1 heterocycles. The number of rotatable bonds is 1. The van der Waals surface area contributed by atoms with Gasteiger partial charge in [0.25, 0.3) is 0 Å². The maximum absolute atomic E-state index is 5.30. The van der Waals surface area contributed by atoms with Crippen molar-refractivity contribution in [2.45, 2.75) is 38.9 Å². The summed E-state index contributed by atoms with van der Waals surface area (Å²) in [4.78, 5) is 0. The number of hydrogen-bond donors (Lipinski definition) is 0. The maximum atomic E-state index is 5.30. The molecule has 0 spiro atoms. The van der Waals surface area contributed by atoms with Gasteiger partial charge < -0.3 is 9.05 Å². The Labute approximate surface area is 57.9 Å². The molecule has 3 unspecified atom stereocenters. The molecule has 0 aliphatic carbocycles. The Balaban J connectivity index is 2.23. The normalized spacial score (nSPS) is 39.3. The molecule has 3 heteroatoms. The fourth-order valence-corrected chi connectivity index (χ4v) is 1.61. The first kappa shape index (κ1) is 7.46. The molecule has 0 aromatic heterocycles. The molecule has 0 radical (unpaired) electrons. The van der Waals surface area contributed by atoms with Crippen LogP contribution in [0.2, 0.25) is 0 Å². The van der Waals surface area contributed by atoms with Crippen LogP contribution in [0, 0.1) is 0 Å². The Bertz CT molecular complexity index is 87.1. The van der Waals surface area contributed by atoms with Gasteiger partial charge in [-0.3, -0.25) is 0 Å². The van der Waals surface area contributed by atoms with E-state index in [1.165, 1.54) is 0 Å². The topological polar surface area (TPSA) is 18.5 Å². The summed E-state index contributed by atoms with van der Waals surface area (Å²) >= 11 is 0. The van der Waals surface area contributed by atoms with Crippen molar-refractivity contribution in [1.82, 2.24) is 0 Å². The van der Waals surface area contributed by atoms with Gasteiger partial charge in [-0.2, -0.15) is 0 Å². The Morgan fingerprint density at radius 2 is 2.33 bits per heavy atom. The fraction of sp³-hybridized carbons (Fsp3) is 1.00. The maximum Gasteiger partial charge on any atom is 0.155 e. The van der Waals surface area contributed by atoms with Gasteiger partial charge in [0.2, 0.25) is 0 Å². The van der Waals surface area contributed by atoms with Gasteiger partial charge in [0, 0.05) is 6.42 Å². The predicted octanol–water partition coefficient (Wildman–Crippen LogP) is 2.10. The van der Waals surface area contributed by atoms with Gasteiger partial charge in [0.05, 0.1) is 12.2 Å². The predicted molar refractivity (Wildman–Crippen MR) is 38.6 cm³/mol. The molecule has 0 bridgehead atoms. The molecule has 0 N–H and O–H groups in total. The third-order valence-electron chi connectivity index (χ3n) is 1.51. The highest BCUT2D eigenvalue weighted by Gasteiger charge is 2.17. The second-order valence-corrected chi connectivity index (χ2v) is 3.03. The molecular weight excluding hydrogens is 135 g/mol. The minimum atomic E-state index is 0.269. The second-order valence-electron chi connectivity index (χ2n) is 2.40. The molecular formula is C6H13O2P. The first-order valence-electron chi connectivity index (χ1n) is 3.39. The van der Waals surface area contributed by atoms with Gasteiger partial charge >= 0.3 is 0 Å². The molecule has 1 rings (SSSR count). The lowest BCUT2D eigenvalue weighted by Gasteiger charge is -2.25. The zero-order valence-electron chi connectivity index (χ0n) is 5.89. The molecule has 54 valence electrons. The van der Waals surface area contributed by atoms with Crippen LogP contribution >= 0.6 is 9.03 Å². The molecule has 1 aliphatic heterocycles. The van der Waals surface area contributed by atoms with Crippen LogP contribution in [-0.4, -0.2) is 12.2 Å². The first-order chi connectivity index (χ1) is 4.33. The smallest absolute Gasteiger partial charge is 0.155 e. The highest BCUT2D eigenvalue weighted by Crippen LogP contribution is 2.30. The molecule has 0 aromatic rings. The van der Waals surface area contributed by atoms with E-state index in [-0.39, 0.29) is 9.03 Å². The van der Waals surface area contributed by atoms with Gasteiger partial charge in [-0.25, -0.2) is 0 Å². The lowest BCUT2D eigenvalue weighted by Crippen LogP contribution is -2.20. The van der Waals surface area contributed by atoms with Crippen molar-refractivity contribution in [1.29, 1.82) is 0 Å². The van der Waals surface area contributed by atoms with Crippen molar-refractivity contribution in [3.05, 3.63) is 0 Å². The van der Waals surface area contributed by atoms with Crippen molar-refractivity contribution < 1.29 is 9.05 Å². The van der Waals surface area contributed by atoms with Gasteiger partial charge in [0.1, 0.15) is 0 Å². The van der Waals surface area contributed by atoms with Crippen LogP contribution in [-0.2, 0) is 9.05 Å². The van der Waals surface area contributed by atoms with E-state index in [9.17, 15) is 0 Å². The van der Waals surface area contributed by atoms with E-state index in [0.29, 0.717) is 12.2 Å². The molecule has 1 aliphatic rings. The third kappa shape index (κ3) is 2.21. The van der Waals surface area contributed by atoms with Crippen LogP contribution in [0.25, 0.3) is 0 Å². The summed E-state index contributed by atoms with van der Waals surface area (Å²) in [5, 5.41) is 0. The summed E-state index contributed by atoms with van der Waals surface area (Å²) < 4.78 is 10.5. The van der Waals surface area contributed by atoms with Gasteiger partial charge in [-0.05, 0) is 13.3 Å². The minimum absolute atomic E-state index is 0.269. The van der Waals surface area contributed by atoms with Crippen LogP contribution in [0.4, 0.5) is 0 Å². The number of hydrogen-bond acceptors (Lipinski definition) is 2. The summed E-state index contributed by atoms with van der Waals surface area (Å²) in [6.45, 7) is 4.24. The van der Waals surface area contributed by atoms with E-state index in [1.807, 2.05) is 0 Å². The minimum Gasteiger partial charge on any atom is -0.333 e. The van der Waals surface area contributed by atoms with Crippen molar-refractivity contribution in [2.24, 2.45) is 0 Å². The van der Waals surface area contributed by atoms with Crippen LogP contribution in [0.15, 0.2) is 0 Å². The van der Waals surface area contributed by atoms with Gasteiger partial charge in [-0.15, -0.1) is 0 Å². The Morgan fingerprint density at radius 1 is 1.56 bits per heavy atom. The molecule has 1 saturated heterocycles. The Hall–Kier alpha value is 0.350.